The molecule has 0 radical (unpaired) electrons. The zero-order chi connectivity index (χ0) is 16.1. The van der Waals surface area contributed by atoms with Gasteiger partial charge in [-0.05, 0) is 27.6 Å². The van der Waals surface area contributed by atoms with Crippen LogP contribution in [0, 0.1) is 0 Å². The fraction of sp³-hybridized carbons (Fsp3) is 0.778. The minimum absolute atomic E-state index is 0.186. The molecule has 1 aliphatic heterocycles. The Hall–Kier alpha value is -0.710. The molecule has 0 aromatic rings. The van der Waals surface area contributed by atoms with Crippen molar-refractivity contribution in [2.24, 2.45) is 0 Å². The summed E-state index contributed by atoms with van der Waals surface area (Å²) in [5.41, 5.74) is 0. The molecule has 0 bridgehead atoms. The average Bonchev–Trinajstić information content (AvgIpc) is 2.44. The normalized spacial score (nSPS) is 37.0. The van der Waals surface area contributed by atoms with Crippen LogP contribution in [0.5, 0.6) is 0 Å². The predicted octanol–water partition coefficient (Wildman–Crippen LogP) is 1.16. The molecule has 1 aliphatic rings. The second-order valence-corrected chi connectivity index (χ2v) is 5.39. The number of aliphatic carboxylic acids is 1. The quantitative estimate of drug-likeness (QED) is 0.714. The van der Waals surface area contributed by atoms with Crippen molar-refractivity contribution in [3.8, 4) is 0 Å². The number of thioether (sulfide) groups is 1. The summed E-state index contributed by atoms with van der Waals surface area (Å²) in [7, 11) is 0. The molecule has 0 saturated carbocycles. The second kappa shape index (κ2) is 3.15. The van der Waals surface area contributed by atoms with Crippen molar-refractivity contribution >= 4 is 24.1 Å². The van der Waals surface area contributed by atoms with Crippen LogP contribution in [-0.4, -0.2) is 38.0 Å². The number of hydrogen-bond acceptors (Lipinski definition) is 3. The molecule has 1 N–H and O–H groups in total. The molecule has 1 amide bonds. The van der Waals surface area contributed by atoms with E-state index >= 15 is 0 Å². The SMILES string of the molecule is [2H]C([2H])([2H])C1(C([2H])([2H])[2H])SC(C)(C)N(C=O)[C@H]1C(=O)O. The summed E-state index contributed by atoms with van der Waals surface area (Å²) in [5.74, 6) is -1.65. The Bertz CT molecular complexity index is 418. The number of carbonyl (C=O) groups excluding carboxylic acids is 1. The van der Waals surface area contributed by atoms with Crippen LogP contribution in [0.1, 0.15) is 35.8 Å². The highest BCUT2D eigenvalue weighted by Crippen LogP contribution is 2.49. The van der Waals surface area contributed by atoms with Gasteiger partial charge in [-0.15, -0.1) is 11.8 Å². The third-order valence-electron chi connectivity index (χ3n) is 2.04. The highest BCUT2D eigenvalue weighted by Gasteiger charge is 2.54. The van der Waals surface area contributed by atoms with Crippen LogP contribution < -0.4 is 0 Å². The van der Waals surface area contributed by atoms with Gasteiger partial charge in [0.1, 0.15) is 6.04 Å². The Morgan fingerprint density at radius 3 is 2.57 bits per heavy atom. The zero-order valence-electron chi connectivity index (χ0n) is 13.8. The molecule has 80 valence electrons. The molecular formula is C9H15NO3S. The summed E-state index contributed by atoms with van der Waals surface area (Å²) in [5, 5.41) is 9.30. The van der Waals surface area contributed by atoms with E-state index < -0.39 is 35.3 Å². The van der Waals surface area contributed by atoms with E-state index in [1.165, 1.54) is 13.8 Å². The van der Waals surface area contributed by atoms with Crippen LogP contribution in [0.3, 0.4) is 0 Å². The van der Waals surface area contributed by atoms with Crippen LogP contribution in [0.2, 0.25) is 0 Å². The maximum Gasteiger partial charge on any atom is 0.327 e. The minimum atomic E-state index is -3.08. The lowest BCUT2D eigenvalue weighted by atomic mass is 10.0. The Morgan fingerprint density at radius 2 is 2.21 bits per heavy atom. The van der Waals surface area contributed by atoms with Crippen LogP contribution in [-0.2, 0) is 9.59 Å². The maximum absolute atomic E-state index is 11.5. The van der Waals surface area contributed by atoms with Gasteiger partial charge in [-0.3, -0.25) is 4.79 Å². The summed E-state index contributed by atoms with van der Waals surface area (Å²) in [4.78, 5) is 22.1. The molecule has 5 heteroatoms. The van der Waals surface area contributed by atoms with Gasteiger partial charge in [-0.1, -0.05) is 0 Å². The van der Waals surface area contributed by atoms with E-state index in [1.54, 1.807) is 0 Å². The highest BCUT2D eigenvalue weighted by molar-refractivity contribution is 8.02. The van der Waals surface area contributed by atoms with Crippen molar-refractivity contribution in [1.29, 1.82) is 0 Å². The molecule has 0 aliphatic carbocycles. The molecule has 0 spiro atoms. The molecule has 1 fully saturated rings. The number of amides is 1. The minimum Gasteiger partial charge on any atom is -0.480 e. The van der Waals surface area contributed by atoms with Crippen molar-refractivity contribution in [2.75, 3.05) is 0 Å². The molecule has 14 heavy (non-hydrogen) atoms. The number of rotatable bonds is 2. The van der Waals surface area contributed by atoms with Gasteiger partial charge >= 0.3 is 5.97 Å². The Morgan fingerprint density at radius 1 is 1.64 bits per heavy atom. The van der Waals surface area contributed by atoms with Crippen molar-refractivity contribution in [3.05, 3.63) is 0 Å². The van der Waals surface area contributed by atoms with E-state index in [2.05, 4.69) is 0 Å². The molecule has 0 aromatic heterocycles. The van der Waals surface area contributed by atoms with Crippen LogP contribution in [0.15, 0.2) is 0 Å². The van der Waals surface area contributed by atoms with Gasteiger partial charge in [0.2, 0.25) is 6.41 Å². The number of hydrogen-bond donors (Lipinski definition) is 1. The van der Waals surface area contributed by atoms with Crippen LogP contribution >= 0.6 is 11.8 Å². The van der Waals surface area contributed by atoms with Gasteiger partial charge in [-0.25, -0.2) is 4.79 Å². The lowest BCUT2D eigenvalue weighted by molar-refractivity contribution is -0.148. The third-order valence-corrected chi connectivity index (χ3v) is 3.30. The number of carbonyl (C=O) groups is 2. The summed E-state index contributed by atoms with van der Waals surface area (Å²) >= 11 is 0.487. The molecular weight excluding hydrogens is 202 g/mol. The van der Waals surface area contributed by atoms with Gasteiger partial charge in [0.25, 0.3) is 0 Å². The Kier molecular flexibility index (Phi) is 1.21. The average molecular weight is 223 g/mol. The smallest absolute Gasteiger partial charge is 0.327 e. The summed E-state index contributed by atoms with van der Waals surface area (Å²) in [6.07, 6.45) is 0.186. The van der Waals surface area contributed by atoms with Gasteiger partial charge in [0.15, 0.2) is 0 Å². The molecule has 1 saturated heterocycles. The van der Waals surface area contributed by atoms with E-state index in [-0.39, 0.29) is 6.41 Å². The maximum atomic E-state index is 11.5. The van der Waals surface area contributed by atoms with Crippen molar-refractivity contribution in [2.45, 2.75) is 43.2 Å². The molecule has 1 rings (SSSR count). The van der Waals surface area contributed by atoms with Crippen LogP contribution in [0.4, 0.5) is 0 Å². The van der Waals surface area contributed by atoms with Crippen LogP contribution in [0.25, 0.3) is 0 Å². The first kappa shape index (κ1) is 5.39. The topological polar surface area (TPSA) is 57.6 Å². The predicted molar refractivity (Wildman–Crippen MR) is 55.1 cm³/mol. The third kappa shape index (κ3) is 1.61. The molecule has 1 heterocycles. The van der Waals surface area contributed by atoms with Crippen molar-refractivity contribution in [1.82, 2.24) is 4.90 Å². The summed E-state index contributed by atoms with van der Waals surface area (Å²) < 4.78 is 42.7. The highest BCUT2D eigenvalue weighted by atomic mass is 32.2. The lowest BCUT2D eigenvalue weighted by Crippen LogP contribution is -2.49. The van der Waals surface area contributed by atoms with Crippen molar-refractivity contribution < 1.29 is 22.9 Å². The zero-order valence-corrected chi connectivity index (χ0v) is 8.59. The van der Waals surface area contributed by atoms with Gasteiger partial charge in [-0.2, -0.15) is 0 Å². The van der Waals surface area contributed by atoms with Gasteiger partial charge in [0, 0.05) is 13.0 Å². The first-order valence-corrected chi connectivity index (χ1v) is 4.71. The monoisotopic (exact) mass is 223 g/mol. The fourth-order valence-electron chi connectivity index (χ4n) is 1.49. The standard InChI is InChI=1S/C9H15NO3S/c1-8(2)6(7(12)13)10(5-11)9(3,4)14-8/h5-6H,1-4H3,(H,12,13)/t6-/m0/s1/i1D3,2D3. The lowest BCUT2D eigenvalue weighted by Gasteiger charge is -2.29. The van der Waals surface area contributed by atoms with E-state index in [0.717, 1.165) is 4.90 Å². The first-order valence-electron chi connectivity index (χ1n) is 6.89. The van der Waals surface area contributed by atoms with Crippen molar-refractivity contribution in [3.63, 3.8) is 0 Å². The largest absolute Gasteiger partial charge is 0.480 e. The van der Waals surface area contributed by atoms with E-state index in [0.29, 0.717) is 11.8 Å². The van der Waals surface area contributed by atoms with Gasteiger partial charge in [0.05, 0.1) is 4.87 Å². The molecule has 1 atom stereocenters. The number of carboxylic acids is 1. The number of carboxylic acid groups (broad SMARTS) is 1. The summed E-state index contributed by atoms with van der Waals surface area (Å²) in [6, 6.07) is -1.96. The first-order chi connectivity index (χ1) is 8.72. The van der Waals surface area contributed by atoms with Gasteiger partial charge < -0.3 is 10.0 Å². The van der Waals surface area contributed by atoms with E-state index in [4.69, 9.17) is 8.22 Å². The van der Waals surface area contributed by atoms with E-state index in [1.807, 2.05) is 0 Å². The summed E-state index contributed by atoms with van der Waals surface area (Å²) in [6.45, 7) is -3.33. The molecule has 0 aromatic carbocycles. The Balaban J connectivity index is 3.67. The molecule has 0 unspecified atom stereocenters. The molecule has 4 nitrogen and oxygen atoms in total. The Labute approximate surface area is 96.1 Å². The fourth-order valence-corrected chi connectivity index (χ4v) is 2.86. The second-order valence-electron chi connectivity index (χ2n) is 3.54. The van der Waals surface area contributed by atoms with E-state index in [9.17, 15) is 14.7 Å². The number of nitrogens with zero attached hydrogens (tertiary/aromatic N) is 1.